The Bertz CT molecular complexity index is 727. The Morgan fingerprint density at radius 2 is 2.19 bits per heavy atom. The van der Waals surface area contributed by atoms with Crippen LogP contribution in [0.25, 0.3) is 21.9 Å². The predicted molar refractivity (Wildman–Crippen MR) is 60.8 cm³/mol. The largest absolute Gasteiger partial charge is 0.495 e. The number of hydrogen-bond acceptors (Lipinski definition) is 3. The second-order valence-corrected chi connectivity index (χ2v) is 3.51. The zero-order valence-electron chi connectivity index (χ0n) is 8.57. The number of ether oxygens (including phenoxy) is 1. The lowest BCUT2D eigenvalue weighted by Gasteiger charge is -2.01. The molecule has 0 fully saturated rings. The van der Waals surface area contributed by atoms with Crippen molar-refractivity contribution in [2.24, 2.45) is 0 Å². The third-order valence-electron chi connectivity index (χ3n) is 2.55. The van der Waals surface area contributed by atoms with Crippen LogP contribution < -0.4 is 10.4 Å². The van der Waals surface area contributed by atoms with Gasteiger partial charge in [0.2, 0.25) is 0 Å². The van der Waals surface area contributed by atoms with Gasteiger partial charge < -0.3 is 14.7 Å². The lowest BCUT2D eigenvalue weighted by atomic mass is 10.2. The molecule has 0 aliphatic rings. The Morgan fingerprint density at radius 1 is 1.31 bits per heavy atom. The maximum absolute atomic E-state index is 11.2. The van der Waals surface area contributed by atoms with Gasteiger partial charge in [-0.3, -0.25) is 4.98 Å². The molecule has 3 aromatic rings. The van der Waals surface area contributed by atoms with Gasteiger partial charge in [0.15, 0.2) is 0 Å². The zero-order chi connectivity index (χ0) is 11.1. The van der Waals surface area contributed by atoms with Crippen LogP contribution in [-0.4, -0.2) is 22.1 Å². The Morgan fingerprint density at radius 3 is 3.00 bits per heavy atom. The van der Waals surface area contributed by atoms with E-state index in [2.05, 4.69) is 15.0 Å². The molecule has 5 nitrogen and oxygen atoms in total. The SMILES string of the molecule is COc1cnc2c(ccc3[nH]c(=O)[nH]c32)c1. The summed E-state index contributed by atoms with van der Waals surface area (Å²) in [7, 11) is 1.60. The highest BCUT2D eigenvalue weighted by atomic mass is 16.5. The molecular formula is C11H9N3O2. The first-order valence-corrected chi connectivity index (χ1v) is 4.83. The van der Waals surface area contributed by atoms with Crippen LogP contribution in [-0.2, 0) is 0 Å². The van der Waals surface area contributed by atoms with E-state index < -0.39 is 0 Å². The number of aromatic nitrogens is 3. The molecule has 0 amide bonds. The minimum atomic E-state index is -0.222. The van der Waals surface area contributed by atoms with E-state index in [1.54, 1.807) is 13.3 Å². The second-order valence-electron chi connectivity index (χ2n) is 3.51. The van der Waals surface area contributed by atoms with Crippen molar-refractivity contribution in [3.8, 4) is 5.75 Å². The van der Waals surface area contributed by atoms with Crippen molar-refractivity contribution in [1.29, 1.82) is 0 Å². The average Bonchev–Trinajstić information content (AvgIpc) is 2.69. The van der Waals surface area contributed by atoms with Crippen molar-refractivity contribution >= 4 is 21.9 Å². The molecule has 0 bridgehead atoms. The van der Waals surface area contributed by atoms with Crippen LogP contribution in [0.4, 0.5) is 0 Å². The summed E-state index contributed by atoms with van der Waals surface area (Å²) in [4.78, 5) is 20.9. The summed E-state index contributed by atoms with van der Waals surface area (Å²) in [5, 5.41) is 0.933. The van der Waals surface area contributed by atoms with Gasteiger partial charge in [0, 0.05) is 5.39 Å². The molecule has 2 N–H and O–H groups in total. The van der Waals surface area contributed by atoms with E-state index in [0.29, 0.717) is 5.75 Å². The topological polar surface area (TPSA) is 70.8 Å². The normalized spacial score (nSPS) is 11.1. The summed E-state index contributed by atoms with van der Waals surface area (Å²) in [5.74, 6) is 0.699. The minimum absolute atomic E-state index is 0.222. The highest BCUT2D eigenvalue weighted by Crippen LogP contribution is 2.23. The molecular weight excluding hydrogens is 206 g/mol. The van der Waals surface area contributed by atoms with Crippen molar-refractivity contribution in [3.05, 3.63) is 34.9 Å². The van der Waals surface area contributed by atoms with Crippen molar-refractivity contribution < 1.29 is 4.74 Å². The van der Waals surface area contributed by atoms with Crippen molar-refractivity contribution in [3.63, 3.8) is 0 Å². The molecule has 3 rings (SSSR count). The Hall–Kier alpha value is -2.30. The highest BCUT2D eigenvalue weighted by molar-refractivity contribution is 6.01. The van der Waals surface area contributed by atoms with Gasteiger partial charge in [-0.05, 0) is 12.1 Å². The maximum Gasteiger partial charge on any atom is 0.323 e. The summed E-state index contributed by atoms with van der Waals surface area (Å²) in [5.41, 5.74) is 2.03. The molecule has 0 radical (unpaired) electrons. The van der Waals surface area contributed by atoms with Crippen LogP contribution in [0.1, 0.15) is 0 Å². The number of nitrogens with zero attached hydrogens (tertiary/aromatic N) is 1. The summed E-state index contributed by atoms with van der Waals surface area (Å²) in [6.07, 6.45) is 1.63. The molecule has 5 heteroatoms. The highest BCUT2D eigenvalue weighted by Gasteiger charge is 2.05. The molecule has 1 aromatic carbocycles. The fourth-order valence-corrected chi connectivity index (χ4v) is 1.79. The number of methoxy groups -OCH3 is 1. The summed E-state index contributed by atoms with van der Waals surface area (Å²) in [6, 6.07) is 5.63. The molecule has 2 aromatic heterocycles. The van der Waals surface area contributed by atoms with Crippen molar-refractivity contribution in [1.82, 2.24) is 15.0 Å². The van der Waals surface area contributed by atoms with E-state index in [1.807, 2.05) is 18.2 Å². The molecule has 0 saturated heterocycles. The maximum atomic E-state index is 11.2. The predicted octanol–water partition coefficient (Wildman–Crippen LogP) is 1.41. The number of aromatic amines is 2. The van der Waals surface area contributed by atoms with E-state index in [4.69, 9.17) is 4.74 Å². The number of imidazole rings is 1. The lowest BCUT2D eigenvalue weighted by Crippen LogP contribution is -1.99. The first-order chi connectivity index (χ1) is 7.78. The second kappa shape index (κ2) is 3.10. The summed E-state index contributed by atoms with van der Waals surface area (Å²) >= 11 is 0. The van der Waals surface area contributed by atoms with Gasteiger partial charge in [0.05, 0.1) is 29.9 Å². The van der Waals surface area contributed by atoms with E-state index in [1.165, 1.54) is 0 Å². The van der Waals surface area contributed by atoms with Crippen LogP contribution in [0, 0.1) is 0 Å². The van der Waals surface area contributed by atoms with Gasteiger partial charge >= 0.3 is 5.69 Å². The van der Waals surface area contributed by atoms with Crippen LogP contribution in [0.15, 0.2) is 29.2 Å². The molecule has 0 unspecified atom stereocenters. The number of pyridine rings is 1. The fraction of sp³-hybridized carbons (Fsp3) is 0.0909. The van der Waals surface area contributed by atoms with Gasteiger partial charge in [0.1, 0.15) is 5.75 Å². The summed E-state index contributed by atoms with van der Waals surface area (Å²) < 4.78 is 5.10. The molecule has 0 spiro atoms. The Labute approximate surface area is 90.1 Å². The van der Waals surface area contributed by atoms with Crippen LogP contribution in [0.2, 0.25) is 0 Å². The number of benzene rings is 1. The standard InChI is InChI=1S/C11H9N3O2/c1-16-7-4-6-2-3-8-10(9(6)12-5-7)14-11(15)13-8/h2-5H,1H3,(H2,13,14,15). The summed E-state index contributed by atoms with van der Waals surface area (Å²) in [6.45, 7) is 0. The third kappa shape index (κ3) is 1.18. The number of hydrogen-bond donors (Lipinski definition) is 2. The molecule has 0 aliphatic carbocycles. The molecule has 0 saturated carbocycles. The zero-order valence-corrected chi connectivity index (χ0v) is 8.57. The molecule has 80 valence electrons. The van der Waals surface area contributed by atoms with Crippen LogP contribution >= 0.6 is 0 Å². The van der Waals surface area contributed by atoms with Gasteiger partial charge in [-0.25, -0.2) is 4.79 Å². The van der Waals surface area contributed by atoms with Gasteiger partial charge in [-0.1, -0.05) is 6.07 Å². The van der Waals surface area contributed by atoms with Crippen LogP contribution in [0.3, 0.4) is 0 Å². The number of rotatable bonds is 1. The first kappa shape index (κ1) is 8.96. The van der Waals surface area contributed by atoms with Crippen LogP contribution in [0.5, 0.6) is 5.75 Å². The number of H-pyrrole nitrogens is 2. The third-order valence-corrected chi connectivity index (χ3v) is 2.55. The number of fused-ring (bicyclic) bond motifs is 3. The van der Waals surface area contributed by atoms with E-state index in [-0.39, 0.29) is 5.69 Å². The van der Waals surface area contributed by atoms with E-state index >= 15 is 0 Å². The van der Waals surface area contributed by atoms with E-state index in [0.717, 1.165) is 21.9 Å². The Balaban J connectivity index is 2.46. The lowest BCUT2D eigenvalue weighted by molar-refractivity contribution is 0.414. The monoisotopic (exact) mass is 215 g/mol. The van der Waals surface area contributed by atoms with Gasteiger partial charge in [-0.2, -0.15) is 0 Å². The fourth-order valence-electron chi connectivity index (χ4n) is 1.79. The smallest absolute Gasteiger partial charge is 0.323 e. The number of nitrogens with one attached hydrogen (secondary N) is 2. The molecule has 0 aliphatic heterocycles. The van der Waals surface area contributed by atoms with Crippen molar-refractivity contribution in [2.75, 3.05) is 7.11 Å². The first-order valence-electron chi connectivity index (χ1n) is 4.83. The van der Waals surface area contributed by atoms with Crippen molar-refractivity contribution in [2.45, 2.75) is 0 Å². The van der Waals surface area contributed by atoms with Gasteiger partial charge in [0.25, 0.3) is 0 Å². The minimum Gasteiger partial charge on any atom is -0.495 e. The molecule has 2 heterocycles. The quantitative estimate of drug-likeness (QED) is 0.644. The van der Waals surface area contributed by atoms with E-state index in [9.17, 15) is 4.79 Å². The Kier molecular flexibility index (Phi) is 1.73. The van der Waals surface area contributed by atoms with Gasteiger partial charge in [-0.15, -0.1) is 0 Å². The molecule has 0 atom stereocenters. The molecule has 16 heavy (non-hydrogen) atoms. The average molecular weight is 215 g/mol.